The fraction of sp³-hybridized carbons (Fsp3) is 0.222. The van der Waals surface area contributed by atoms with E-state index in [1.807, 2.05) is 32.0 Å². The number of carbonyl (C=O) groups excluding carboxylic acids is 1. The Morgan fingerprint density at radius 1 is 1.25 bits per heavy atom. The molecule has 0 atom stereocenters. The van der Waals surface area contributed by atoms with E-state index in [4.69, 9.17) is 11.6 Å². The third kappa shape index (κ3) is 3.09. The smallest absolute Gasteiger partial charge is 0.260 e. The van der Waals surface area contributed by atoms with Gasteiger partial charge in [-0.1, -0.05) is 23.7 Å². The molecule has 4 nitrogen and oxygen atoms in total. The second kappa shape index (κ2) is 6.79. The van der Waals surface area contributed by atoms with Gasteiger partial charge in [0.25, 0.3) is 11.5 Å². The van der Waals surface area contributed by atoms with E-state index >= 15 is 0 Å². The summed E-state index contributed by atoms with van der Waals surface area (Å²) in [7, 11) is 0. The Kier molecular flexibility index (Phi) is 4.73. The van der Waals surface area contributed by atoms with Crippen LogP contribution in [0.1, 0.15) is 27.7 Å². The van der Waals surface area contributed by atoms with Gasteiger partial charge in [-0.05, 0) is 37.6 Å². The summed E-state index contributed by atoms with van der Waals surface area (Å²) in [5.74, 6) is -0.223. The summed E-state index contributed by atoms with van der Waals surface area (Å²) in [5, 5.41) is 4.06. The predicted octanol–water partition coefficient (Wildman–Crippen LogP) is 3.97. The van der Waals surface area contributed by atoms with E-state index in [-0.39, 0.29) is 11.5 Å². The minimum absolute atomic E-state index is 0.115. The Morgan fingerprint density at radius 3 is 2.62 bits per heavy atom. The number of benzene rings is 1. The Bertz CT molecular complexity index is 958. The Hall–Kier alpha value is -2.11. The average molecular weight is 361 g/mol. The number of fused-ring (bicyclic) bond motifs is 1. The molecule has 0 fully saturated rings. The first-order valence-corrected chi connectivity index (χ1v) is 8.86. The molecule has 0 spiro atoms. The molecular formula is C18H17ClN2O2S. The standard InChI is InChI=1S/C18H17ClN2O2S/c1-3-21-9-8-14-16(18(21)23)15(11(2)24-14)17(22)20-10-12-4-6-13(19)7-5-12/h4-9H,3,10H2,1-2H3,(H,20,22). The Morgan fingerprint density at radius 2 is 1.96 bits per heavy atom. The maximum atomic E-state index is 12.7. The van der Waals surface area contributed by atoms with E-state index in [9.17, 15) is 9.59 Å². The van der Waals surface area contributed by atoms with Gasteiger partial charge in [-0.15, -0.1) is 11.3 Å². The van der Waals surface area contributed by atoms with Crippen LogP contribution in [-0.4, -0.2) is 10.5 Å². The maximum absolute atomic E-state index is 12.7. The number of aromatic nitrogens is 1. The number of nitrogens with one attached hydrogen (secondary N) is 1. The van der Waals surface area contributed by atoms with Crippen LogP contribution in [0.3, 0.4) is 0 Å². The molecule has 0 saturated heterocycles. The Labute approximate surface area is 148 Å². The first kappa shape index (κ1) is 16.7. The molecule has 2 aromatic heterocycles. The topological polar surface area (TPSA) is 51.1 Å². The van der Waals surface area contributed by atoms with Gasteiger partial charge in [0.15, 0.2) is 0 Å². The van der Waals surface area contributed by atoms with Crippen LogP contribution in [0.2, 0.25) is 5.02 Å². The van der Waals surface area contributed by atoms with Crippen molar-refractivity contribution < 1.29 is 4.79 Å². The summed E-state index contributed by atoms with van der Waals surface area (Å²) in [6.07, 6.45) is 1.77. The Balaban J connectivity index is 1.93. The van der Waals surface area contributed by atoms with E-state index in [1.54, 1.807) is 22.9 Å². The number of rotatable bonds is 4. The van der Waals surface area contributed by atoms with Crippen LogP contribution in [0, 0.1) is 6.92 Å². The van der Waals surface area contributed by atoms with Gasteiger partial charge in [-0.3, -0.25) is 9.59 Å². The van der Waals surface area contributed by atoms with Gasteiger partial charge in [-0.2, -0.15) is 0 Å². The highest BCUT2D eigenvalue weighted by atomic mass is 35.5. The summed E-state index contributed by atoms with van der Waals surface area (Å²) in [6, 6.07) is 9.20. The molecular weight excluding hydrogens is 344 g/mol. The number of hydrogen-bond acceptors (Lipinski definition) is 3. The number of amides is 1. The summed E-state index contributed by atoms with van der Waals surface area (Å²) in [6.45, 7) is 4.75. The van der Waals surface area contributed by atoms with Crippen molar-refractivity contribution in [3.63, 3.8) is 0 Å². The molecule has 0 aliphatic carbocycles. The predicted molar refractivity (Wildman–Crippen MR) is 99.1 cm³/mol. The normalized spacial score (nSPS) is 11.0. The molecule has 2 heterocycles. The molecule has 1 amide bonds. The van der Waals surface area contributed by atoms with Crippen molar-refractivity contribution in [1.82, 2.24) is 9.88 Å². The quantitative estimate of drug-likeness (QED) is 0.765. The molecule has 3 rings (SSSR count). The SMILES string of the molecule is CCn1ccc2sc(C)c(C(=O)NCc3ccc(Cl)cc3)c2c1=O. The highest BCUT2D eigenvalue weighted by Crippen LogP contribution is 2.28. The molecule has 0 saturated carbocycles. The van der Waals surface area contributed by atoms with E-state index in [0.29, 0.717) is 29.1 Å². The first-order chi connectivity index (χ1) is 11.5. The fourth-order valence-electron chi connectivity index (χ4n) is 2.66. The number of nitrogens with zero attached hydrogens (tertiary/aromatic N) is 1. The number of hydrogen-bond donors (Lipinski definition) is 1. The lowest BCUT2D eigenvalue weighted by Gasteiger charge is -2.07. The zero-order valence-corrected chi connectivity index (χ0v) is 15.0. The van der Waals surface area contributed by atoms with Crippen LogP contribution < -0.4 is 10.9 Å². The van der Waals surface area contributed by atoms with Crippen molar-refractivity contribution in [3.05, 3.63) is 67.9 Å². The molecule has 0 radical (unpaired) electrons. The average Bonchev–Trinajstić information content (AvgIpc) is 2.91. The summed E-state index contributed by atoms with van der Waals surface area (Å²) in [5.41, 5.74) is 1.32. The molecule has 6 heteroatoms. The number of halogens is 1. The van der Waals surface area contributed by atoms with Gasteiger partial charge >= 0.3 is 0 Å². The largest absolute Gasteiger partial charge is 0.348 e. The molecule has 1 N–H and O–H groups in total. The minimum atomic E-state index is -0.223. The van der Waals surface area contributed by atoms with E-state index in [2.05, 4.69) is 5.32 Å². The van der Waals surface area contributed by atoms with Crippen LogP contribution in [-0.2, 0) is 13.1 Å². The number of carbonyl (C=O) groups is 1. The lowest BCUT2D eigenvalue weighted by atomic mass is 10.1. The monoisotopic (exact) mass is 360 g/mol. The van der Waals surface area contributed by atoms with Crippen molar-refractivity contribution in [1.29, 1.82) is 0 Å². The van der Waals surface area contributed by atoms with Gasteiger partial charge in [0.2, 0.25) is 0 Å². The van der Waals surface area contributed by atoms with E-state index in [1.165, 1.54) is 11.3 Å². The van der Waals surface area contributed by atoms with Crippen LogP contribution in [0.15, 0.2) is 41.3 Å². The van der Waals surface area contributed by atoms with Gasteiger partial charge in [0.05, 0.1) is 10.9 Å². The molecule has 3 aromatic rings. The molecule has 124 valence electrons. The first-order valence-electron chi connectivity index (χ1n) is 7.66. The third-order valence-corrected chi connectivity index (χ3v) is 5.25. The van der Waals surface area contributed by atoms with Gasteiger partial charge in [-0.25, -0.2) is 0 Å². The lowest BCUT2D eigenvalue weighted by Crippen LogP contribution is -2.26. The van der Waals surface area contributed by atoms with Crippen LogP contribution >= 0.6 is 22.9 Å². The molecule has 24 heavy (non-hydrogen) atoms. The number of thiophene rings is 1. The lowest BCUT2D eigenvalue weighted by molar-refractivity contribution is 0.0952. The highest BCUT2D eigenvalue weighted by molar-refractivity contribution is 7.19. The molecule has 0 unspecified atom stereocenters. The highest BCUT2D eigenvalue weighted by Gasteiger charge is 2.19. The van der Waals surface area contributed by atoms with Crippen molar-refractivity contribution >= 4 is 38.9 Å². The van der Waals surface area contributed by atoms with Crippen molar-refractivity contribution in [2.75, 3.05) is 0 Å². The zero-order valence-electron chi connectivity index (χ0n) is 13.4. The summed E-state index contributed by atoms with van der Waals surface area (Å²) >= 11 is 7.34. The van der Waals surface area contributed by atoms with Gasteiger partial charge < -0.3 is 9.88 Å². The van der Waals surface area contributed by atoms with Crippen molar-refractivity contribution in [2.24, 2.45) is 0 Å². The second-order valence-corrected chi connectivity index (χ2v) is 7.18. The van der Waals surface area contributed by atoms with Crippen molar-refractivity contribution in [3.8, 4) is 0 Å². The van der Waals surface area contributed by atoms with Crippen molar-refractivity contribution in [2.45, 2.75) is 26.9 Å². The van der Waals surface area contributed by atoms with Crippen LogP contribution in [0.5, 0.6) is 0 Å². The van der Waals surface area contributed by atoms with Gasteiger partial charge in [0, 0.05) is 33.9 Å². The fourth-order valence-corrected chi connectivity index (χ4v) is 3.83. The van der Waals surface area contributed by atoms with E-state index in [0.717, 1.165) is 15.1 Å². The molecule has 0 bridgehead atoms. The second-order valence-electron chi connectivity index (χ2n) is 5.49. The van der Waals surface area contributed by atoms with Crippen LogP contribution in [0.4, 0.5) is 0 Å². The van der Waals surface area contributed by atoms with Crippen LogP contribution in [0.25, 0.3) is 10.1 Å². The van der Waals surface area contributed by atoms with Gasteiger partial charge in [0.1, 0.15) is 0 Å². The molecule has 1 aromatic carbocycles. The minimum Gasteiger partial charge on any atom is -0.348 e. The summed E-state index contributed by atoms with van der Waals surface area (Å²) in [4.78, 5) is 26.1. The number of aryl methyl sites for hydroxylation is 2. The molecule has 0 aliphatic heterocycles. The molecule has 0 aliphatic rings. The van der Waals surface area contributed by atoms with E-state index < -0.39 is 0 Å². The third-order valence-electron chi connectivity index (χ3n) is 3.93. The summed E-state index contributed by atoms with van der Waals surface area (Å²) < 4.78 is 2.46. The maximum Gasteiger partial charge on any atom is 0.260 e. The number of pyridine rings is 1. The zero-order chi connectivity index (χ0) is 17.3.